The van der Waals surface area contributed by atoms with Crippen LogP contribution >= 0.6 is 0 Å². The van der Waals surface area contributed by atoms with Crippen molar-refractivity contribution in [2.75, 3.05) is 0 Å². The van der Waals surface area contributed by atoms with E-state index >= 15 is 0 Å². The van der Waals surface area contributed by atoms with Crippen molar-refractivity contribution in [3.8, 4) is 0 Å². The SMILES string of the molecule is CC.CC.[Y].[c-]1ncnc2ccccc12. The molecule has 0 aliphatic heterocycles. The average Bonchev–Trinajstić information content (AvgIpc) is 2.34. The first kappa shape index (κ1) is 17.1. The van der Waals surface area contributed by atoms with E-state index < -0.39 is 0 Å². The van der Waals surface area contributed by atoms with Gasteiger partial charge in [-0.05, 0) is 11.7 Å². The molecule has 0 bridgehead atoms. The summed E-state index contributed by atoms with van der Waals surface area (Å²) in [6.07, 6.45) is 4.34. The number of rotatable bonds is 0. The Morgan fingerprint density at radius 3 is 2.20 bits per heavy atom. The third kappa shape index (κ3) is 5.96. The summed E-state index contributed by atoms with van der Waals surface area (Å²) in [5, 5.41) is 0.963. The molecule has 0 saturated carbocycles. The largest absolute Gasteiger partial charge is 0.341 e. The summed E-state index contributed by atoms with van der Waals surface area (Å²) >= 11 is 0. The molecule has 1 radical (unpaired) electrons. The van der Waals surface area contributed by atoms with Gasteiger partial charge in [-0.1, -0.05) is 39.8 Å². The average molecular weight is 278 g/mol. The van der Waals surface area contributed by atoms with Gasteiger partial charge in [0.1, 0.15) is 0 Å². The topological polar surface area (TPSA) is 25.8 Å². The molecule has 1 aromatic heterocycles. The third-order valence-corrected chi connectivity index (χ3v) is 1.34. The molecule has 0 amide bonds. The molecule has 0 spiro atoms. The molecule has 2 nitrogen and oxygen atoms in total. The Bertz CT molecular complexity index is 285. The zero-order valence-corrected chi connectivity index (χ0v) is 12.7. The van der Waals surface area contributed by atoms with Gasteiger partial charge in [-0.15, -0.1) is 17.5 Å². The van der Waals surface area contributed by atoms with Crippen LogP contribution in [0.5, 0.6) is 0 Å². The van der Waals surface area contributed by atoms with Crippen molar-refractivity contribution in [2.45, 2.75) is 27.7 Å². The molecular weight excluding hydrogens is 261 g/mol. The third-order valence-electron chi connectivity index (χ3n) is 1.34. The molecule has 0 aliphatic carbocycles. The van der Waals surface area contributed by atoms with Crippen LogP contribution in [0.4, 0.5) is 0 Å². The van der Waals surface area contributed by atoms with Crippen molar-refractivity contribution in [1.29, 1.82) is 0 Å². The zero-order valence-electron chi connectivity index (χ0n) is 9.86. The summed E-state index contributed by atoms with van der Waals surface area (Å²) in [4.78, 5) is 7.82. The maximum atomic E-state index is 4.04. The standard InChI is InChI=1S/C8H5N2.2C2H6.Y/c1-2-4-8-7(3-1)5-9-6-10-8;2*1-2;/h1-4,6H;2*1-2H3;/q-1;;;. The molecule has 2 rings (SSSR count). The molecule has 0 fully saturated rings. The Morgan fingerprint density at radius 2 is 1.60 bits per heavy atom. The molecule has 15 heavy (non-hydrogen) atoms. The van der Waals surface area contributed by atoms with E-state index in [1.165, 1.54) is 6.33 Å². The smallest absolute Gasteiger partial charge is 0.0295 e. The van der Waals surface area contributed by atoms with E-state index in [1.54, 1.807) is 0 Å². The molecule has 0 N–H and O–H groups in total. The summed E-state index contributed by atoms with van der Waals surface area (Å²) in [5.74, 6) is 0. The van der Waals surface area contributed by atoms with Crippen molar-refractivity contribution < 1.29 is 32.7 Å². The van der Waals surface area contributed by atoms with Gasteiger partial charge in [0.05, 0.1) is 0 Å². The number of nitrogens with zero attached hydrogens (tertiary/aromatic N) is 2. The molecule has 0 unspecified atom stereocenters. The van der Waals surface area contributed by atoms with E-state index in [1.807, 2.05) is 52.0 Å². The van der Waals surface area contributed by atoms with Crippen molar-refractivity contribution in [3.05, 3.63) is 36.8 Å². The second-order valence-electron chi connectivity index (χ2n) is 2.00. The van der Waals surface area contributed by atoms with Gasteiger partial charge in [0.15, 0.2) is 0 Å². The van der Waals surface area contributed by atoms with Crippen LogP contribution in [-0.4, -0.2) is 9.97 Å². The van der Waals surface area contributed by atoms with Crippen molar-refractivity contribution >= 4 is 10.9 Å². The van der Waals surface area contributed by atoms with E-state index in [-0.39, 0.29) is 32.7 Å². The van der Waals surface area contributed by atoms with E-state index in [2.05, 4.69) is 16.2 Å². The van der Waals surface area contributed by atoms with Crippen molar-refractivity contribution in [3.63, 3.8) is 0 Å². The Hall–Kier alpha value is -0.336. The number of hydrogen-bond acceptors (Lipinski definition) is 2. The van der Waals surface area contributed by atoms with E-state index in [0.29, 0.717) is 0 Å². The fraction of sp³-hybridized carbons (Fsp3) is 0.333. The minimum Gasteiger partial charge on any atom is -0.341 e. The molecule has 0 aliphatic rings. The maximum Gasteiger partial charge on any atom is 0.0295 e. The molecule has 1 heterocycles. The summed E-state index contributed by atoms with van der Waals surface area (Å²) in [5.41, 5.74) is 0.942. The maximum absolute atomic E-state index is 4.04. The second-order valence-corrected chi connectivity index (χ2v) is 2.00. The van der Waals surface area contributed by atoms with Gasteiger partial charge in [-0.25, -0.2) is 0 Å². The number of aromatic nitrogens is 2. The van der Waals surface area contributed by atoms with Crippen LogP contribution < -0.4 is 0 Å². The Kier molecular flexibility index (Phi) is 13.4. The summed E-state index contributed by atoms with van der Waals surface area (Å²) in [6, 6.07) is 7.77. The molecule has 0 atom stereocenters. The first-order valence-electron chi connectivity index (χ1n) is 5.04. The molecule has 2 aromatic rings. The van der Waals surface area contributed by atoms with E-state index in [0.717, 1.165) is 10.9 Å². The van der Waals surface area contributed by atoms with Crippen LogP contribution in [0.15, 0.2) is 30.6 Å². The fourth-order valence-electron chi connectivity index (χ4n) is 0.870. The minimum atomic E-state index is 0. The minimum absolute atomic E-state index is 0. The Balaban J connectivity index is 0. The van der Waals surface area contributed by atoms with Gasteiger partial charge >= 0.3 is 0 Å². The van der Waals surface area contributed by atoms with Gasteiger partial charge in [0.25, 0.3) is 0 Å². The predicted octanol–water partition coefficient (Wildman–Crippen LogP) is 3.48. The molecule has 3 heteroatoms. The van der Waals surface area contributed by atoms with Crippen molar-refractivity contribution in [1.82, 2.24) is 9.97 Å². The van der Waals surface area contributed by atoms with Crippen LogP contribution in [-0.2, 0) is 32.7 Å². The van der Waals surface area contributed by atoms with Crippen LogP contribution in [0.1, 0.15) is 27.7 Å². The summed E-state index contributed by atoms with van der Waals surface area (Å²) < 4.78 is 0. The summed E-state index contributed by atoms with van der Waals surface area (Å²) in [7, 11) is 0. The van der Waals surface area contributed by atoms with Crippen molar-refractivity contribution in [2.24, 2.45) is 0 Å². The monoisotopic (exact) mass is 278 g/mol. The Morgan fingerprint density at radius 1 is 1.00 bits per heavy atom. The van der Waals surface area contributed by atoms with Crippen LogP contribution in [0.3, 0.4) is 0 Å². The first-order chi connectivity index (χ1) is 6.97. The Labute approximate surface area is 117 Å². The van der Waals surface area contributed by atoms with Gasteiger partial charge in [-0.2, -0.15) is 0 Å². The van der Waals surface area contributed by atoms with Crippen LogP contribution in [0.2, 0.25) is 0 Å². The van der Waals surface area contributed by atoms with Gasteiger partial charge in [-0.3, -0.25) is 0 Å². The van der Waals surface area contributed by atoms with Gasteiger partial charge in [0, 0.05) is 39.0 Å². The van der Waals surface area contributed by atoms with E-state index in [9.17, 15) is 0 Å². The molecule has 79 valence electrons. The number of para-hydroxylation sites is 1. The molecular formula is C12H17N2Y-. The number of benzene rings is 1. The zero-order chi connectivity index (χ0) is 10.8. The second kappa shape index (κ2) is 11.7. The molecule has 1 aromatic carbocycles. The summed E-state index contributed by atoms with van der Waals surface area (Å²) in [6.45, 7) is 8.00. The first-order valence-corrected chi connectivity index (χ1v) is 5.04. The van der Waals surface area contributed by atoms with E-state index in [4.69, 9.17) is 0 Å². The quantitative estimate of drug-likeness (QED) is 0.689. The van der Waals surface area contributed by atoms with Gasteiger partial charge < -0.3 is 9.97 Å². The number of hydrogen-bond donors (Lipinski definition) is 0. The number of fused-ring (bicyclic) bond motifs is 1. The van der Waals surface area contributed by atoms with Crippen LogP contribution in [0, 0.1) is 6.20 Å². The normalized spacial score (nSPS) is 7.47. The predicted molar refractivity (Wildman–Crippen MR) is 61.1 cm³/mol. The van der Waals surface area contributed by atoms with Crippen LogP contribution in [0.25, 0.3) is 10.9 Å². The molecule has 0 saturated heterocycles. The van der Waals surface area contributed by atoms with Gasteiger partial charge in [0.2, 0.25) is 0 Å². The fourth-order valence-corrected chi connectivity index (χ4v) is 0.870.